The molecule has 0 aliphatic carbocycles. The Morgan fingerprint density at radius 3 is 2.85 bits per heavy atom. The number of guanidine groups is 1. The van der Waals surface area contributed by atoms with Gasteiger partial charge in [0.25, 0.3) is 0 Å². The first-order valence-corrected chi connectivity index (χ1v) is 10.5. The molecule has 1 saturated heterocycles. The second-order valence-electron chi connectivity index (χ2n) is 6.59. The van der Waals surface area contributed by atoms with Crippen molar-refractivity contribution in [3.63, 3.8) is 0 Å². The van der Waals surface area contributed by atoms with E-state index in [9.17, 15) is 8.42 Å². The van der Waals surface area contributed by atoms with Gasteiger partial charge in [0.2, 0.25) is 0 Å². The second-order valence-corrected chi connectivity index (χ2v) is 8.82. The number of sulfone groups is 1. The van der Waals surface area contributed by atoms with Crippen molar-refractivity contribution in [3.05, 3.63) is 53.6 Å². The summed E-state index contributed by atoms with van der Waals surface area (Å²) in [4.78, 5) is 8.45. The minimum absolute atomic E-state index is 0.0678. The van der Waals surface area contributed by atoms with Crippen LogP contribution in [-0.2, 0) is 22.9 Å². The molecule has 0 amide bonds. The Bertz CT molecular complexity index is 888. The lowest BCUT2D eigenvalue weighted by Gasteiger charge is -2.16. The Labute approximate surface area is 154 Å². The molecule has 0 spiro atoms. The second kappa shape index (κ2) is 7.90. The van der Waals surface area contributed by atoms with Crippen molar-refractivity contribution in [2.75, 3.05) is 18.6 Å². The molecule has 0 bridgehead atoms. The highest BCUT2D eigenvalue weighted by atomic mass is 32.2. The Morgan fingerprint density at radius 2 is 2.19 bits per heavy atom. The SMILES string of the molecule is CN=C(NCc1cccc(Cn2ccnc2C)c1)NC1CCS(=O)(=O)C1. The molecule has 0 saturated carbocycles. The van der Waals surface area contributed by atoms with Crippen molar-refractivity contribution in [2.24, 2.45) is 4.99 Å². The maximum atomic E-state index is 11.6. The topological polar surface area (TPSA) is 88.4 Å². The molecule has 26 heavy (non-hydrogen) atoms. The van der Waals surface area contributed by atoms with Crippen molar-refractivity contribution >= 4 is 15.8 Å². The molecular weight excluding hydrogens is 350 g/mol. The first-order chi connectivity index (χ1) is 12.4. The van der Waals surface area contributed by atoms with E-state index in [2.05, 4.69) is 43.4 Å². The average Bonchev–Trinajstić information content (AvgIpc) is 3.17. The molecule has 2 heterocycles. The van der Waals surface area contributed by atoms with Gasteiger partial charge in [-0.3, -0.25) is 4.99 Å². The maximum absolute atomic E-state index is 11.6. The summed E-state index contributed by atoms with van der Waals surface area (Å²) in [6, 6.07) is 8.28. The summed E-state index contributed by atoms with van der Waals surface area (Å²) in [5.74, 6) is 2.04. The number of hydrogen-bond acceptors (Lipinski definition) is 4. The quantitative estimate of drug-likeness (QED) is 0.603. The maximum Gasteiger partial charge on any atom is 0.191 e. The molecule has 1 fully saturated rings. The Morgan fingerprint density at radius 1 is 1.38 bits per heavy atom. The van der Waals surface area contributed by atoms with Crippen LogP contribution in [0.25, 0.3) is 0 Å². The Balaban J connectivity index is 1.57. The fraction of sp³-hybridized carbons (Fsp3) is 0.444. The number of aliphatic imine (C=N–C) groups is 1. The van der Waals surface area contributed by atoms with Gasteiger partial charge in [0.05, 0.1) is 11.5 Å². The van der Waals surface area contributed by atoms with E-state index in [4.69, 9.17) is 0 Å². The van der Waals surface area contributed by atoms with Crippen LogP contribution in [-0.4, -0.2) is 48.5 Å². The van der Waals surface area contributed by atoms with Crippen LogP contribution in [0.1, 0.15) is 23.4 Å². The average molecular weight is 375 g/mol. The third kappa shape index (κ3) is 4.85. The predicted molar refractivity (Wildman–Crippen MR) is 103 cm³/mol. The number of benzene rings is 1. The fourth-order valence-electron chi connectivity index (χ4n) is 3.09. The molecule has 1 unspecified atom stereocenters. The van der Waals surface area contributed by atoms with Gasteiger partial charge in [-0.05, 0) is 24.5 Å². The molecule has 0 radical (unpaired) electrons. The van der Waals surface area contributed by atoms with Gasteiger partial charge < -0.3 is 15.2 Å². The summed E-state index contributed by atoms with van der Waals surface area (Å²) < 4.78 is 25.3. The molecular formula is C18H25N5O2S. The number of aryl methyl sites for hydroxylation is 1. The van der Waals surface area contributed by atoms with Gasteiger partial charge in [-0.25, -0.2) is 13.4 Å². The van der Waals surface area contributed by atoms with Gasteiger partial charge in [-0.15, -0.1) is 0 Å². The van der Waals surface area contributed by atoms with Crippen molar-refractivity contribution in [1.29, 1.82) is 0 Å². The lowest BCUT2D eigenvalue weighted by Crippen LogP contribution is -2.43. The molecule has 2 aromatic rings. The van der Waals surface area contributed by atoms with E-state index in [1.807, 2.05) is 19.2 Å². The van der Waals surface area contributed by atoms with Gasteiger partial charge >= 0.3 is 0 Å². The summed E-state index contributed by atoms with van der Waals surface area (Å²) in [5.41, 5.74) is 2.34. The summed E-state index contributed by atoms with van der Waals surface area (Å²) >= 11 is 0. The fourth-order valence-corrected chi connectivity index (χ4v) is 4.76. The highest BCUT2D eigenvalue weighted by Crippen LogP contribution is 2.11. The van der Waals surface area contributed by atoms with E-state index >= 15 is 0 Å². The molecule has 7 nitrogen and oxygen atoms in total. The Kier molecular flexibility index (Phi) is 5.61. The predicted octanol–water partition coefficient (Wildman–Crippen LogP) is 1.09. The summed E-state index contributed by atoms with van der Waals surface area (Å²) in [6.45, 7) is 3.40. The van der Waals surface area contributed by atoms with E-state index in [1.165, 1.54) is 5.56 Å². The minimum Gasteiger partial charge on any atom is -0.353 e. The zero-order valence-corrected chi connectivity index (χ0v) is 16.0. The van der Waals surface area contributed by atoms with Crippen molar-refractivity contribution in [3.8, 4) is 0 Å². The van der Waals surface area contributed by atoms with Gasteiger partial charge in [0, 0.05) is 38.6 Å². The number of hydrogen-bond donors (Lipinski definition) is 2. The zero-order chi connectivity index (χ0) is 18.6. The van der Waals surface area contributed by atoms with Gasteiger partial charge in [0.1, 0.15) is 5.82 Å². The number of imidazole rings is 1. The highest BCUT2D eigenvalue weighted by Gasteiger charge is 2.28. The summed E-state index contributed by atoms with van der Waals surface area (Å²) in [7, 11) is -1.21. The van der Waals surface area contributed by atoms with E-state index in [-0.39, 0.29) is 17.5 Å². The molecule has 1 atom stereocenters. The molecule has 140 valence electrons. The molecule has 1 aliphatic heterocycles. The number of nitrogens with zero attached hydrogens (tertiary/aromatic N) is 3. The van der Waals surface area contributed by atoms with Crippen molar-refractivity contribution in [2.45, 2.75) is 32.5 Å². The molecule has 3 rings (SSSR count). The molecule has 8 heteroatoms. The monoisotopic (exact) mass is 375 g/mol. The van der Waals surface area contributed by atoms with Crippen LogP contribution < -0.4 is 10.6 Å². The zero-order valence-electron chi connectivity index (χ0n) is 15.1. The van der Waals surface area contributed by atoms with Crippen LogP contribution in [0.5, 0.6) is 0 Å². The molecule has 1 aromatic carbocycles. The lowest BCUT2D eigenvalue weighted by molar-refractivity contribution is 0.599. The highest BCUT2D eigenvalue weighted by molar-refractivity contribution is 7.91. The van der Waals surface area contributed by atoms with Gasteiger partial charge in [0.15, 0.2) is 15.8 Å². The smallest absolute Gasteiger partial charge is 0.191 e. The molecule has 2 N–H and O–H groups in total. The summed E-state index contributed by atoms with van der Waals surface area (Å²) in [5, 5.41) is 6.46. The lowest BCUT2D eigenvalue weighted by atomic mass is 10.1. The van der Waals surface area contributed by atoms with E-state index < -0.39 is 9.84 Å². The number of aromatic nitrogens is 2. The third-order valence-electron chi connectivity index (χ3n) is 4.52. The van der Waals surface area contributed by atoms with Crippen molar-refractivity contribution < 1.29 is 8.42 Å². The molecule has 1 aromatic heterocycles. The van der Waals surface area contributed by atoms with Crippen LogP contribution in [0.15, 0.2) is 41.7 Å². The first-order valence-electron chi connectivity index (χ1n) is 8.68. The van der Waals surface area contributed by atoms with Gasteiger partial charge in [-0.2, -0.15) is 0 Å². The number of rotatable bonds is 5. The first kappa shape index (κ1) is 18.4. The van der Waals surface area contributed by atoms with E-state index in [0.29, 0.717) is 18.9 Å². The van der Waals surface area contributed by atoms with Crippen LogP contribution in [0.4, 0.5) is 0 Å². The van der Waals surface area contributed by atoms with Crippen LogP contribution in [0.2, 0.25) is 0 Å². The van der Waals surface area contributed by atoms with Crippen molar-refractivity contribution in [1.82, 2.24) is 20.2 Å². The molecule has 1 aliphatic rings. The third-order valence-corrected chi connectivity index (χ3v) is 6.29. The van der Waals surface area contributed by atoms with Crippen LogP contribution in [0.3, 0.4) is 0 Å². The minimum atomic E-state index is -2.90. The van der Waals surface area contributed by atoms with E-state index in [0.717, 1.165) is 17.9 Å². The van der Waals surface area contributed by atoms with Gasteiger partial charge in [-0.1, -0.05) is 24.3 Å². The summed E-state index contributed by atoms with van der Waals surface area (Å²) in [6.07, 6.45) is 4.41. The van der Waals surface area contributed by atoms with Crippen LogP contribution >= 0.6 is 0 Å². The Hall–Kier alpha value is -2.35. The number of nitrogens with one attached hydrogen (secondary N) is 2. The normalized spacial score (nSPS) is 19.5. The largest absolute Gasteiger partial charge is 0.353 e. The van der Waals surface area contributed by atoms with E-state index in [1.54, 1.807) is 13.2 Å². The standard InChI is InChI=1S/C18H25N5O2S/c1-14-20-7-8-23(14)12-16-5-3-4-15(10-16)11-21-18(19-2)22-17-6-9-26(24,25)13-17/h3-5,7-8,10,17H,6,9,11-13H2,1-2H3,(H2,19,21,22). The van der Waals surface area contributed by atoms with Crippen LogP contribution in [0, 0.1) is 6.92 Å².